The number of hydrogen-bond acceptors (Lipinski definition) is 1. The molecule has 0 amide bonds. The Kier molecular flexibility index (Phi) is 5.66. The lowest BCUT2D eigenvalue weighted by molar-refractivity contribution is -0.137. The van der Waals surface area contributed by atoms with Crippen LogP contribution in [0.3, 0.4) is 0 Å². The zero-order chi connectivity index (χ0) is 13.6. The molecule has 4 heteroatoms. The van der Waals surface area contributed by atoms with Gasteiger partial charge in [0.15, 0.2) is 0 Å². The van der Waals surface area contributed by atoms with Gasteiger partial charge in [0.1, 0.15) is 0 Å². The Morgan fingerprint density at radius 2 is 1.89 bits per heavy atom. The van der Waals surface area contributed by atoms with Crippen molar-refractivity contribution in [1.29, 1.82) is 0 Å². The van der Waals surface area contributed by atoms with Gasteiger partial charge in [-0.25, -0.2) is 0 Å². The zero-order valence-corrected chi connectivity index (χ0v) is 10.8. The second kappa shape index (κ2) is 6.78. The van der Waals surface area contributed by atoms with Gasteiger partial charge in [0, 0.05) is 6.04 Å². The fourth-order valence-corrected chi connectivity index (χ4v) is 1.75. The van der Waals surface area contributed by atoms with Crippen molar-refractivity contribution in [3.63, 3.8) is 0 Å². The van der Waals surface area contributed by atoms with Crippen LogP contribution in [0.25, 0.3) is 0 Å². The van der Waals surface area contributed by atoms with Crippen molar-refractivity contribution in [2.24, 2.45) is 0 Å². The van der Waals surface area contributed by atoms with Gasteiger partial charge in [0.25, 0.3) is 0 Å². The lowest BCUT2D eigenvalue weighted by atomic mass is 10.0. The molecule has 1 aromatic carbocycles. The fourth-order valence-electron chi connectivity index (χ4n) is 1.75. The summed E-state index contributed by atoms with van der Waals surface area (Å²) >= 11 is 0. The number of unbranched alkanes of at least 4 members (excludes halogenated alkanes) is 1. The average molecular weight is 259 g/mol. The summed E-state index contributed by atoms with van der Waals surface area (Å²) in [5, 5.41) is 3.29. The quantitative estimate of drug-likeness (QED) is 0.761. The Morgan fingerprint density at radius 1 is 1.17 bits per heavy atom. The van der Waals surface area contributed by atoms with Crippen LogP contribution in [0.2, 0.25) is 0 Å². The van der Waals surface area contributed by atoms with Crippen LogP contribution in [0.4, 0.5) is 13.2 Å². The van der Waals surface area contributed by atoms with E-state index in [2.05, 4.69) is 19.2 Å². The average Bonchev–Trinajstić information content (AvgIpc) is 2.27. The van der Waals surface area contributed by atoms with Gasteiger partial charge in [-0.3, -0.25) is 0 Å². The number of rotatable bonds is 6. The van der Waals surface area contributed by atoms with Crippen molar-refractivity contribution >= 4 is 0 Å². The summed E-state index contributed by atoms with van der Waals surface area (Å²) in [6.07, 6.45) is -1.66. The van der Waals surface area contributed by atoms with Crippen molar-refractivity contribution in [3.8, 4) is 0 Å². The van der Waals surface area contributed by atoms with E-state index in [4.69, 9.17) is 0 Å². The third-order valence-corrected chi connectivity index (χ3v) is 2.70. The summed E-state index contributed by atoms with van der Waals surface area (Å²) in [7, 11) is 0. The first-order valence-corrected chi connectivity index (χ1v) is 6.29. The number of halogens is 3. The van der Waals surface area contributed by atoms with Crippen molar-refractivity contribution in [1.82, 2.24) is 5.32 Å². The first kappa shape index (κ1) is 15.0. The van der Waals surface area contributed by atoms with Gasteiger partial charge in [-0.2, -0.15) is 13.2 Å². The molecule has 0 saturated heterocycles. The number of hydrogen-bond donors (Lipinski definition) is 1. The summed E-state index contributed by atoms with van der Waals surface area (Å²) in [5.74, 6) is 0. The van der Waals surface area contributed by atoms with Crippen molar-refractivity contribution in [3.05, 3.63) is 35.4 Å². The van der Waals surface area contributed by atoms with Crippen LogP contribution in [0.5, 0.6) is 0 Å². The van der Waals surface area contributed by atoms with Gasteiger partial charge in [-0.15, -0.1) is 0 Å². The van der Waals surface area contributed by atoms with Crippen LogP contribution < -0.4 is 5.32 Å². The van der Waals surface area contributed by atoms with Gasteiger partial charge >= 0.3 is 6.18 Å². The molecule has 0 radical (unpaired) electrons. The minimum Gasteiger partial charge on any atom is -0.315 e. The molecular formula is C14H20F3N. The van der Waals surface area contributed by atoms with E-state index in [-0.39, 0.29) is 0 Å². The maximum absolute atomic E-state index is 12.5. The highest BCUT2D eigenvalue weighted by molar-refractivity contribution is 5.25. The minimum atomic E-state index is -4.24. The molecule has 0 spiro atoms. The summed E-state index contributed by atoms with van der Waals surface area (Å²) in [6.45, 7) is 5.07. The highest BCUT2D eigenvalue weighted by atomic mass is 19.4. The topological polar surface area (TPSA) is 12.0 Å². The van der Waals surface area contributed by atoms with Gasteiger partial charge in [0.05, 0.1) is 5.56 Å². The standard InChI is InChI=1S/C14H20F3N/c1-11(2)18-9-4-3-6-12-7-5-8-13(10-12)14(15,16)17/h5,7-8,10-11,18H,3-4,6,9H2,1-2H3. The number of nitrogens with one attached hydrogen (secondary N) is 1. The normalized spacial score (nSPS) is 12.1. The van der Waals surface area contributed by atoms with E-state index in [0.29, 0.717) is 12.5 Å². The molecule has 102 valence electrons. The predicted molar refractivity (Wildman–Crippen MR) is 67.5 cm³/mol. The molecule has 1 nitrogen and oxygen atoms in total. The number of aryl methyl sites for hydroxylation is 1. The van der Waals surface area contributed by atoms with Crippen molar-refractivity contribution in [2.45, 2.75) is 45.3 Å². The second-order valence-corrected chi connectivity index (χ2v) is 4.76. The Hall–Kier alpha value is -1.03. The molecule has 0 heterocycles. The first-order chi connectivity index (χ1) is 8.39. The molecule has 0 unspecified atom stereocenters. The third kappa shape index (κ3) is 5.54. The zero-order valence-electron chi connectivity index (χ0n) is 10.8. The molecule has 1 rings (SSSR count). The maximum Gasteiger partial charge on any atom is 0.416 e. The molecule has 1 N–H and O–H groups in total. The molecule has 0 aliphatic carbocycles. The smallest absolute Gasteiger partial charge is 0.315 e. The van der Waals surface area contributed by atoms with E-state index in [1.54, 1.807) is 6.07 Å². The van der Waals surface area contributed by atoms with Gasteiger partial charge in [-0.05, 0) is 37.4 Å². The lowest BCUT2D eigenvalue weighted by Gasteiger charge is -2.09. The number of alkyl halides is 3. The summed E-state index contributed by atoms with van der Waals surface area (Å²) < 4.78 is 37.5. The van der Waals surface area contributed by atoms with Crippen LogP contribution in [0, 0.1) is 0 Å². The van der Waals surface area contributed by atoms with Crippen molar-refractivity contribution in [2.75, 3.05) is 6.54 Å². The summed E-state index contributed by atoms with van der Waals surface area (Å²) in [5.41, 5.74) is 0.203. The molecule has 0 aliphatic rings. The molecule has 0 fully saturated rings. The SMILES string of the molecule is CC(C)NCCCCc1cccc(C(F)(F)F)c1. The van der Waals surface area contributed by atoms with Gasteiger partial charge in [-0.1, -0.05) is 32.0 Å². The van der Waals surface area contributed by atoms with E-state index in [0.717, 1.165) is 31.0 Å². The molecule has 1 aromatic rings. The second-order valence-electron chi connectivity index (χ2n) is 4.76. The monoisotopic (exact) mass is 259 g/mol. The Morgan fingerprint density at radius 3 is 2.50 bits per heavy atom. The molecule has 0 aromatic heterocycles. The summed E-state index contributed by atoms with van der Waals surface area (Å²) in [6, 6.07) is 6.05. The van der Waals surface area contributed by atoms with Crippen LogP contribution in [-0.4, -0.2) is 12.6 Å². The van der Waals surface area contributed by atoms with E-state index in [1.165, 1.54) is 12.1 Å². The van der Waals surface area contributed by atoms with E-state index >= 15 is 0 Å². The summed E-state index contributed by atoms with van der Waals surface area (Å²) in [4.78, 5) is 0. The molecule has 0 atom stereocenters. The molecule has 18 heavy (non-hydrogen) atoms. The molecule has 0 bridgehead atoms. The highest BCUT2D eigenvalue weighted by Gasteiger charge is 2.30. The van der Waals surface area contributed by atoms with Crippen LogP contribution in [0.15, 0.2) is 24.3 Å². The first-order valence-electron chi connectivity index (χ1n) is 6.29. The predicted octanol–water partition coefficient (Wildman–Crippen LogP) is 4.03. The largest absolute Gasteiger partial charge is 0.416 e. The van der Waals surface area contributed by atoms with E-state index < -0.39 is 11.7 Å². The minimum absolute atomic E-state index is 0.457. The third-order valence-electron chi connectivity index (χ3n) is 2.70. The van der Waals surface area contributed by atoms with Crippen molar-refractivity contribution < 1.29 is 13.2 Å². The molecule has 0 aliphatic heterocycles. The van der Waals surface area contributed by atoms with Gasteiger partial charge in [0.2, 0.25) is 0 Å². The molecule has 0 saturated carbocycles. The highest BCUT2D eigenvalue weighted by Crippen LogP contribution is 2.29. The maximum atomic E-state index is 12.5. The van der Waals surface area contributed by atoms with Crippen LogP contribution >= 0.6 is 0 Å². The Bertz CT molecular complexity index is 358. The van der Waals surface area contributed by atoms with Gasteiger partial charge < -0.3 is 5.32 Å². The van der Waals surface area contributed by atoms with Crippen LogP contribution in [0.1, 0.15) is 37.8 Å². The Labute approximate surface area is 106 Å². The van der Waals surface area contributed by atoms with Crippen LogP contribution in [-0.2, 0) is 12.6 Å². The Balaban J connectivity index is 2.39. The lowest BCUT2D eigenvalue weighted by Crippen LogP contribution is -2.23. The fraction of sp³-hybridized carbons (Fsp3) is 0.571. The molecular weight excluding hydrogens is 239 g/mol. The van der Waals surface area contributed by atoms with E-state index in [9.17, 15) is 13.2 Å². The van der Waals surface area contributed by atoms with E-state index in [1.807, 2.05) is 0 Å². The number of benzene rings is 1.